The van der Waals surface area contributed by atoms with Gasteiger partial charge in [0.15, 0.2) is 34.7 Å². The Hall–Kier alpha value is -2.84. The molecule has 0 heterocycles. The first-order chi connectivity index (χ1) is 13.1. The van der Waals surface area contributed by atoms with E-state index in [0.29, 0.717) is 6.42 Å². The van der Waals surface area contributed by atoms with Crippen LogP contribution < -0.4 is 11.5 Å². The fourth-order valence-electron chi connectivity index (χ4n) is 3.78. The summed E-state index contributed by atoms with van der Waals surface area (Å²) in [7, 11) is 0. The summed E-state index contributed by atoms with van der Waals surface area (Å²) >= 11 is 0. The van der Waals surface area contributed by atoms with Gasteiger partial charge in [0.25, 0.3) is 0 Å². The molecule has 0 fully saturated rings. The van der Waals surface area contributed by atoms with E-state index in [1.165, 1.54) is 0 Å². The molecule has 0 spiro atoms. The minimum absolute atomic E-state index is 0.0964. The molecule has 0 radical (unpaired) electrons. The third-order valence-electron chi connectivity index (χ3n) is 5.17. The molecular weight excluding hydrogens is 364 g/mol. The molecule has 3 rings (SSSR count). The Bertz CT molecular complexity index is 907. The second kappa shape index (κ2) is 6.96. The predicted molar refractivity (Wildman–Crippen MR) is 97.2 cm³/mol. The van der Waals surface area contributed by atoms with Gasteiger partial charge in [0.2, 0.25) is 0 Å². The van der Waals surface area contributed by atoms with Crippen molar-refractivity contribution in [2.24, 2.45) is 29.2 Å². The van der Waals surface area contributed by atoms with Crippen molar-refractivity contribution >= 4 is 34.7 Å². The fraction of sp³-hybridized carbons (Fsp3) is 0.400. The van der Waals surface area contributed by atoms with E-state index in [0.717, 1.165) is 12.1 Å². The SMILES string of the molecule is CC(C)CC(N)C(=O)C1C(=O)c2cc3c(cc2C1=O)C(=O)C(C(=O)CN)C3=O. The highest BCUT2D eigenvalue weighted by Gasteiger charge is 2.49. The van der Waals surface area contributed by atoms with Gasteiger partial charge >= 0.3 is 0 Å². The Kier molecular flexibility index (Phi) is 4.95. The monoisotopic (exact) mass is 384 g/mol. The van der Waals surface area contributed by atoms with E-state index in [-0.39, 0.29) is 28.2 Å². The molecule has 0 aliphatic heterocycles. The molecule has 146 valence electrons. The van der Waals surface area contributed by atoms with Gasteiger partial charge in [-0.1, -0.05) is 13.8 Å². The molecule has 2 aliphatic carbocycles. The lowest BCUT2D eigenvalue weighted by molar-refractivity contribution is -0.122. The minimum Gasteiger partial charge on any atom is -0.324 e. The van der Waals surface area contributed by atoms with Crippen LogP contribution in [0, 0.1) is 17.8 Å². The quantitative estimate of drug-likeness (QED) is 0.657. The second-order valence-electron chi connectivity index (χ2n) is 7.58. The van der Waals surface area contributed by atoms with Crippen LogP contribution in [0.25, 0.3) is 0 Å². The molecule has 28 heavy (non-hydrogen) atoms. The summed E-state index contributed by atoms with van der Waals surface area (Å²) in [5, 5.41) is 0. The molecule has 2 aliphatic rings. The van der Waals surface area contributed by atoms with E-state index >= 15 is 0 Å². The van der Waals surface area contributed by atoms with Crippen LogP contribution >= 0.6 is 0 Å². The van der Waals surface area contributed by atoms with Crippen LogP contribution in [0.5, 0.6) is 0 Å². The summed E-state index contributed by atoms with van der Waals surface area (Å²) in [4.78, 5) is 74.8. The van der Waals surface area contributed by atoms with Crippen LogP contribution in [0.3, 0.4) is 0 Å². The van der Waals surface area contributed by atoms with Gasteiger partial charge in [0.05, 0.1) is 12.6 Å². The zero-order valence-electron chi connectivity index (χ0n) is 15.5. The number of fused-ring (bicyclic) bond motifs is 2. The highest BCUT2D eigenvalue weighted by Crippen LogP contribution is 2.36. The number of Topliss-reactive ketones (excluding diaryl/α,β-unsaturated/α-hetero) is 6. The lowest BCUT2D eigenvalue weighted by Crippen LogP contribution is -2.40. The zero-order chi connectivity index (χ0) is 20.9. The maximum absolute atomic E-state index is 12.7. The number of nitrogens with two attached hydrogens (primary N) is 2. The molecule has 1 atom stereocenters. The Morgan fingerprint density at radius 1 is 0.857 bits per heavy atom. The van der Waals surface area contributed by atoms with Crippen molar-refractivity contribution in [2.75, 3.05) is 6.54 Å². The zero-order valence-corrected chi connectivity index (χ0v) is 15.5. The first-order valence-corrected chi connectivity index (χ1v) is 8.97. The smallest absolute Gasteiger partial charge is 0.181 e. The molecule has 8 heteroatoms. The summed E-state index contributed by atoms with van der Waals surface area (Å²) in [6.45, 7) is 3.25. The summed E-state index contributed by atoms with van der Waals surface area (Å²) in [6.07, 6.45) is 0.322. The van der Waals surface area contributed by atoms with Crippen molar-refractivity contribution in [3.05, 3.63) is 34.4 Å². The molecule has 0 saturated carbocycles. The molecule has 0 aromatic heterocycles. The van der Waals surface area contributed by atoms with Gasteiger partial charge in [0, 0.05) is 22.3 Å². The number of benzene rings is 1. The van der Waals surface area contributed by atoms with E-state index in [4.69, 9.17) is 11.5 Å². The average Bonchev–Trinajstić information content (AvgIpc) is 3.03. The van der Waals surface area contributed by atoms with Gasteiger partial charge < -0.3 is 11.5 Å². The predicted octanol–water partition coefficient (Wildman–Crippen LogP) is 0.147. The van der Waals surface area contributed by atoms with E-state index in [2.05, 4.69) is 0 Å². The summed E-state index contributed by atoms with van der Waals surface area (Å²) in [6, 6.07) is 1.31. The second-order valence-corrected chi connectivity index (χ2v) is 7.58. The number of carbonyl (C=O) groups is 6. The Labute approximate surface area is 160 Å². The van der Waals surface area contributed by atoms with Gasteiger partial charge in [-0.25, -0.2) is 0 Å². The van der Waals surface area contributed by atoms with Crippen molar-refractivity contribution in [1.82, 2.24) is 0 Å². The Morgan fingerprint density at radius 2 is 1.25 bits per heavy atom. The Morgan fingerprint density at radius 3 is 1.61 bits per heavy atom. The Balaban J connectivity index is 2.00. The number of ketones is 6. The van der Waals surface area contributed by atoms with E-state index in [1.54, 1.807) is 0 Å². The van der Waals surface area contributed by atoms with Gasteiger partial charge in [0.1, 0.15) is 11.8 Å². The fourth-order valence-corrected chi connectivity index (χ4v) is 3.78. The minimum atomic E-state index is -1.56. The molecule has 8 nitrogen and oxygen atoms in total. The molecule has 4 N–H and O–H groups in total. The first kappa shape index (κ1) is 19.9. The molecule has 1 unspecified atom stereocenters. The van der Waals surface area contributed by atoms with Crippen LogP contribution in [0.2, 0.25) is 0 Å². The van der Waals surface area contributed by atoms with Crippen molar-refractivity contribution in [3.8, 4) is 0 Å². The van der Waals surface area contributed by atoms with Gasteiger partial charge in [-0.2, -0.15) is 0 Å². The van der Waals surface area contributed by atoms with Crippen molar-refractivity contribution in [3.63, 3.8) is 0 Å². The van der Waals surface area contributed by atoms with Crippen LogP contribution in [0.4, 0.5) is 0 Å². The van der Waals surface area contributed by atoms with Crippen molar-refractivity contribution in [2.45, 2.75) is 26.3 Å². The van der Waals surface area contributed by atoms with Crippen molar-refractivity contribution < 1.29 is 28.8 Å². The molecule has 0 saturated heterocycles. The molecule has 1 aromatic carbocycles. The number of hydrogen-bond donors (Lipinski definition) is 2. The van der Waals surface area contributed by atoms with E-state index < -0.39 is 59.1 Å². The normalized spacial score (nSPS) is 18.0. The molecule has 0 amide bonds. The number of carbonyl (C=O) groups excluding carboxylic acids is 6. The van der Waals surface area contributed by atoms with Crippen LogP contribution in [0.1, 0.15) is 61.7 Å². The van der Waals surface area contributed by atoms with Gasteiger partial charge in [-0.05, 0) is 24.5 Å². The summed E-state index contributed by atoms with van der Waals surface area (Å²) in [5.74, 6) is -7.35. The van der Waals surface area contributed by atoms with Crippen molar-refractivity contribution in [1.29, 1.82) is 0 Å². The van der Waals surface area contributed by atoms with Gasteiger partial charge in [-0.15, -0.1) is 0 Å². The lowest BCUT2D eigenvalue weighted by atomic mass is 9.89. The first-order valence-electron chi connectivity index (χ1n) is 8.97. The standard InChI is InChI=1S/C20H20N2O6/c1-7(2)3-12(22)20(28)15-18(26)10-4-8-9(5-11(10)19(15)27)17(25)14(16(8)24)13(23)6-21/h4-5,7,12,14-15H,3,6,21-22H2,1-2H3. The lowest BCUT2D eigenvalue weighted by Gasteiger charge is -2.15. The highest BCUT2D eigenvalue weighted by molar-refractivity contribution is 6.40. The van der Waals surface area contributed by atoms with Crippen LogP contribution in [-0.4, -0.2) is 47.3 Å². The third-order valence-corrected chi connectivity index (χ3v) is 5.17. The summed E-state index contributed by atoms with van der Waals surface area (Å²) in [5.41, 5.74) is 10.7. The maximum atomic E-state index is 12.7. The number of hydrogen-bond acceptors (Lipinski definition) is 8. The highest BCUT2D eigenvalue weighted by atomic mass is 16.2. The largest absolute Gasteiger partial charge is 0.324 e. The molecule has 0 bridgehead atoms. The third kappa shape index (κ3) is 2.85. The van der Waals surface area contributed by atoms with E-state index in [1.807, 2.05) is 13.8 Å². The average molecular weight is 384 g/mol. The van der Waals surface area contributed by atoms with Crippen LogP contribution in [-0.2, 0) is 9.59 Å². The van der Waals surface area contributed by atoms with Gasteiger partial charge in [-0.3, -0.25) is 28.8 Å². The van der Waals surface area contributed by atoms with Crippen LogP contribution in [0.15, 0.2) is 12.1 Å². The maximum Gasteiger partial charge on any atom is 0.181 e. The molecule has 1 aromatic rings. The molecular formula is C20H20N2O6. The number of rotatable bonds is 6. The summed E-state index contributed by atoms with van der Waals surface area (Å²) < 4.78 is 0. The topological polar surface area (TPSA) is 154 Å². The van der Waals surface area contributed by atoms with E-state index in [9.17, 15) is 28.8 Å².